The zero-order valence-electron chi connectivity index (χ0n) is 8.96. The second-order valence-corrected chi connectivity index (χ2v) is 4.31. The normalized spacial score (nSPS) is 10.1. The zero-order chi connectivity index (χ0) is 11.4. The minimum Gasteiger partial charge on any atom is -0.337 e. The molecule has 0 saturated carbocycles. The first-order valence-corrected chi connectivity index (χ1v) is 5.88. The van der Waals surface area contributed by atoms with Gasteiger partial charge in [-0.3, -0.25) is 9.78 Å². The van der Waals surface area contributed by atoms with Gasteiger partial charge in [-0.05, 0) is 29.1 Å². The van der Waals surface area contributed by atoms with Gasteiger partial charge in [0, 0.05) is 31.4 Å². The first kappa shape index (κ1) is 10.8. The largest absolute Gasteiger partial charge is 0.337 e. The molecule has 0 saturated heterocycles. The highest BCUT2D eigenvalue weighted by Crippen LogP contribution is 2.10. The van der Waals surface area contributed by atoms with E-state index in [2.05, 4.69) is 4.98 Å². The highest BCUT2D eigenvalue weighted by atomic mass is 32.1. The number of hydrogen-bond donors (Lipinski definition) is 0. The van der Waals surface area contributed by atoms with Crippen molar-refractivity contribution in [3.63, 3.8) is 0 Å². The Hall–Kier alpha value is -1.68. The van der Waals surface area contributed by atoms with Crippen LogP contribution in [0.25, 0.3) is 0 Å². The van der Waals surface area contributed by atoms with E-state index in [1.165, 1.54) is 11.3 Å². The lowest BCUT2D eigenvalue weighted by Crippen LogP contribution is -2.25. The van der Waals surface area contributed by atoms with Gasteiger partial charge in [0.25, 0.3) is 5.91 Å². The Labute approximate surface area is 98.4 Å². The second-order valence-electron chi connectivity index (χ2n) is 3.53. The minimum absolute atomic E-state index is 0.0538. The van der Waals surface area contributed by atoms with E-state index in [4.69, 9.17) is 0 Å². The van der Waals surface area contributed by atoms with Crippen molar-refractivity contribution in [3.8, 4) is 0 Å². The summed E-state index contributed by atoms with van der Waals surface area (Å²) in [5.74, 6) is 0.0538. The lowest BCUT2D eigenvalue weighted by Gasteiger charge is -2.16. The van der Waals surface area contributed by atoms with Gasteiger partial charge in [-0.2, -0.15) is 11.3 Å². The van der Waals surface area contributed by atoms with Gasteiger partial charge in [-0.1, -0.05) is 0 Å². The van der Waals surface area contributed by atoms with Crippen molar-refractivity contribution in [2.24, 2.45) is 0 Å². The van der Waals surface area contributed by atoms with Crippen LogP contribution in [0.1, 0.15) is 15.9 Å². The summed E-state index contributed by atoms with van der Waals surface area (Å²) < 4.78 is 0. The van der Waals surface area contributed by atoms with Gasteiger partial charge >= 0.3 is 0 Å². The lowest BCUT2D eigenvalue weighted by atomic mass is 10.2. The number of pyridine rings is 1. The number of carbonyl (C=O) groups is 1. The van der Waals surface area contributed by atoms with Crippen LogP contribution in [0.2, 0.25) is 0 Å². The molecule has 3 nitrogen and oxygen atoms in total. The quantitative estimate of drug-likeness (QED) is 0.814. The predicted molar refractivity (Wildman–Crippen MR) is 64.4 cm³/mol. The third kappa shape index (κ3) is 2.46. The summed E-state index contributed by atoms with van der Waals surface area (Å²) in [5, 5.41) is 3.78. The Morgan fingerprint density at radius 1 is 1.38 bits per heavy atom. The van der Waals surface area contributed by atoms with E-state index in [1.807, 2.05) is 29.0 Å². The number of nitrogens with zero attached hydrogens (tertiary/aromatic N) is 2. The van der Waals surface area contributed by atoms with Crippen LogP contribution in [0.5, 0.6) is 0 Å². The van der Waals surface area contributed by atoms with Crippen molar-refractivity contribution in [3.05, 3.63) is 52.5 Å². The van der Waals surface area contributed by atoms with E-state index in [0.29, 0.717) is 6.54 Å². The van der Waals surface area contributed by atoms with Crippen molar-refractivity contribution in [1.29, 1.82) is 0 Å². The van der Waals surface area contributed by atoms with Gasteiger partial charge < -0.3 is 4.90 Å². The average Bonchev–Trinajstić information content (AvgIpc) is 2.83. The molecule has 16 heavy (non-hydrogen) atoms. The van der Waals surface area contributed by atoms with E-state index in [1.54, 1.807) is 24.3 Å². The summed E-state index contributed by atoms with van der Waals surface area (Å²) >= 11 is 1.53. The Balaban J connectivity index is 2.04. The third-order valence-corrected chi connectivity index (χ3v) is 2.97. The topological polar surface area (TPSA) is 33.2 Å². The van der Waals surface area contributed by atoms with Gasteiger partial charge in [-0.15, -0.1) is 0 Å². The maximum Gasteiger partial charge on any atom is 0.254 e. The number of hydrogen-bond acceptors (Lipinski definition) is 3. The van der Waals surface area contributed by atoms with Crippen LogP contribution in [-0.4, -0.2) is 22.8 Å². The molecule has 4 heteroatoms. The predicted octanol–water partition coefficient (Wildman–Crippen LogP) is 2.42. The Bertz CT molecular complexity index is 453. The highest BCUT2D eigenvalue weighted by molar-refractivity contribution is 7.08. The van der Waals surface area contributed by atoms with Crippen LogP contribution < -0.4 is 0 Å². The molecule has 0 aliphatic rings. The average molecular weight is 232 g/mol. The molecule has 0 aromatic carbocycles. The van der Waals surface area contributed by atoms with E-state index in [-0.39, 0.29) is 5.91 Å². The second kappa shape index (κ2) is 4.90. The molecular formula is C12H12N2OS. The van der Waals surface area contributed by atoms with Gasteiger partial charge in [-0.25, -0.2) is 0 Å². The van der Waals surface area contributed by atoms with E-state index in [9.17, 15) is 4.79 Å². The fourth-order valence-corrected chi connectivity index (χ4v) is 2.07. The summed E-state index contributed by atoms with van der Waals surface area (Å²) in [6, 6.07) is 5.67. The van der Waals surface area contributed by atoms with Crippen LogP contribution in [-0.2, 0) is 6.54 Å². The molecule has 0 aliphatic carbocycles. The van der Waals surface area contributed by atoms with E-state index in [0.717, 1.165) is 11.1 Å². The molecule has 0 N–H and O–H groups in total. The maximum absolute atomic E-state index is 11.9. The zero-order valence-corrected chi connectivity index (χ0v) is 9.78. The summed E-state index contributed by atoms with van der Waals surface area (Å²) in [5.41, 5.74) is 1.84. The van der Waals surface area contributed by atoms with Crippen LogP contribution in [0.4, 0.5) is 0 Å². The maximum atomic E-state index is 11.9. The SMILES string of the molecule is CN(Cc1ccncc1)C(=O)c1ccsc1. The van der Waals surface area contributed by atoms with Crippen LogP contribution in [0, 0.1) is 0 Å². The van der Waals surface area contributed by atoms with E-state index < -0.39 is 0 Å². The fraction of sp³-hybridized carbons (Fsp3) is 0.167. The lowest BCUT2D eigenvalue weighted by molar-refractivity contribution is 0.0785. The van der Waals surface area contributed by atoms with Crippen molar-refractivity contribution in [1.82, 2.24) is 9.88 Å². The van der Waals surface area contributed by atoms with Gasteiger partial charge in [0.15, 0.2) is 0 Å². The van der Waals surface area contributed by atoms with Gasteiger partial charge in [0.1, 0.15) is 0 Å². The Kier molecular flexibility index (Phi) is 3.31. The Morgan fingerprint density at radius 3 is 2.75 bits per heavy atom. The van der Waals surface area contributed by atoms with Gasteiger partial charge in [0.05, 0.1) is 5.56 Å². The highest BCUT2D eigenvalue weighted by Gasteiger charge is 2.11. The van der Waals surface area contributed by atoms with Gasteiger partial charge in [0.2, 0.25) is 0 Å². The summed E-state index contributed by atoms with van der Waals surface area (Å²) in [6.07, 6.45) is 3.47. The molecule has 0 spiro atoms. The molecule has 0 atom stereocenters. The smallest absolute Gasteiger partial charge is 0.254 e. The molecule has 0 bridgehead atoms. The first-order chi connectivity index (χ1) is 7.77. The van der Waals surface area contributed by atoms with Crippen LogP contribution in [0.15, 0.2) is 41.4 Å². The number of aromatic nitrogens is 1. The summed E-state index contributed by atoms with van der Waals surface area (Å²) in [7, 11) is 1.81. The van der Waals surface area contributed by atoms with Crippen molar-refractivity contribution < 1.29 is 4.79 Å². The van der Waals surface area contributed by atoms with Crippen LogP contribution >= 0.6 is 11.3 Å². The van der Waals surface area contributed by atoms with E-state index >= 15 is 0 Å². The molecule has 0 radical (unpaired) electrons. The minimum atomic E-state index is 0.0538. The standard InChI is InChI=1S/C12H12N2OS/c1-14(8-10-2-5-13-6-3-10)12(15)11-4-7-16-9-11/h2-7,9H,8H2,1H3. The number of carbonyl (C=O) groups excluding carboxylic acids is 1. The molecule has 82 valence electrons. The third-order valence-electron chi connectivity index (χ3n) is 2.28. The fourth-order valence-electron chi connectivity index (χ4n) is 1.44. The van der Waals surface area contributed by atoms with Crippen molar-refractivity contribution >= 4 is 17.2 Å². The molecule has 2 heterocycles. The Morgan fingerprint density at radius 2 is 2.12 bits per heavy atom. The summed E-state index contributed by atoms with van der Waals surface area (Å²) in [4.78, 5) is 17.6. The molecule has 0 unspecified atom stereocenters. The molecule has 0 fully saturated rings. The van der Waals surface area contributed by atoms with Crippen molar-refractivity contribution in [2.45, 2.75) is 6.54 Å². The molecule has 2 rings (SSSR count). The monoisotopic (exact) mass is 232 g/mol. The molecule has 1 amide bonds. The number of amides is 1. The van der Waals surface area contributed by atoms with Crippen molar-refractivity contribution in [2.75, 3.05) is 7.05 Å². The molecule has 2 aromatic heterocycles. The molecule has 2 aromatic rings. The summed E-state index contributed by atoms with van der Waals surface area (Å²) in [6.45, 7) is 0.608. The molecule has 0 aliphatic heterocycles. The number of rotatable bonds is 3. The van der Waals surface area contributed by atoms with Crippen LogP contribution in [0.3, 0.4) is 0 Å². The first-order valence-electron chi connectivity index (χ1n) is 4.94. The molecular weight excluding hydrogens is 220 g/mol. The number of thiophene rings is 1.